The third kappa shape index (κ3) is 5.05. The molecule has 26 heavy (non-hydrogen) atoms. The maximum absolute atomic E-state index is 12.3. The summed E-state index contributed by atoms with van der Waals surface area (Å²) in [4.78, 5) is 20.9. The van der Waals surface area contributed by atoms with Crippen LogP contribution in [-0.4, -0.2) is 46.5 Å². The molecule has 1 saturated heterocycles. The van der Waals surface area contributed by atoms with Gasteiger partial charge in [0.05, 0.1) is 0 Å². The number of nitrogens with one attached hydrogen (secondary N) is 1. The van der Waals surface area contributed by atoms with Gasteiger partial charge in [-0.15, -0.1) is 0 Å². The molecule has 0 spiro atoms. The minimum Gasteiger partial charge on any atom is -0.334 e. The molecule has 1 N–H and O–H groups in total. The lowest BCUT2D eigenvalue weighted by Crippen LogP contribution is -2.63. The summed E-state index contributed by atoms with van der Waals surface area (Å²) in [6.07, 6.45) is 3.73. The molecule has 1 aliphatic heterocycles. The summed E-state index contributed by atoms with van der Waals surface area (Å²) in [6, 6.07) is 14.5. The van der Waals surface area contributed by atoms with E-state index in [9.17, 15) is 4.79 Å². The van der Waals surface area contributed by atoms with Gasteiger partial charge < -0.3 is 10.2 Å². The number of urea groups is 1. The molecular formula is C21H28N4O. The van der Waals surface area contributed by atoms with Crippen LogP contribution in [0.4, 0.5) is 4.79 Å². The molecule has 0 bridgehead atoms. The van der Waals surface area contributed by atoms with E-state index in [0.717, 1.165) is 31.7 Å². The van der Waals surface area contributed by atoms with Crippen LogP contribution < -0.4 is 5.32 Å². The molecule has 2 heterocycles. The molecule has 0 saturated carbocycles. The number of likely N-dealkylation sites (tertiary alicyclic amines) is 1. The lowest BCUT2D eigenvalue weighted by Gasteiger charge is -2.45. The molecule has 0 radical (unpaired) electrons. The van der Waals surface area contributed by atoms with E-state index in [1.165, 1.54) is 5.56 Å². The van der Waals surface area contributed by atoms with Crippen LogP contribution in [0.3, 0.4) is 0 Å². The Kier molecular flexibility index (Phi) is 6.23. The highest BCUT2D eigenvalue weighted by atomic mass is 16.2. The van der Waals surface area contributed by atoms with Gasteiger partial charge >= 0.3 is 6.03 Å². The number of carbonyl (C=O) groups is 1. The van der Waals surface area contributed by atoms with Crippen molar-refractivity contribution in [3.63, 3.8) is 0 Å². The standard InChI is InChI=1S/C21H28N4O/c1-17(2)13-24(14-19-9-6-10-22-11-19)20-15-25(16-20)21(26)23-12-18-7-4-3-5-8-18/h3-11,17,20H,12-16H2,1-2H3,(H,23,26). The van der Waals surface area contributed by atoms with Crippen LogP contribution in [0.1, 0.15) is 25.0 Å². The van der Waals surface area contributed by atoms with Crippen LogP contribution >= 0.6 is 0 Å². The van der Waals surface area contributed by atoms with Gasteiger partial charge in [0.2, 0.25) is 0 Å². The first-order chi connectivity index (χ1) is 12.6. The van der Waals surface area contributed by atoms with E-state index in [1.54, 1.807) is 6.20 Å². The molecule has 1 fully saturated rings. The second-order valence-corrected chi connectivity index (χ2v) is 7.39. The maximum atomic E-state index is 12.3. The monoisotopic (exact) mass is 352 g/mol. The number of rotatable bonds is 7. The van der Waals surface area contributed by atoms with E-state index in [-0.39, 0.29) is 6.03 Å². The zero-order chi connectivity index (χ0) is 18.4. The summed E-state index contributed by atoms with van der Waals surface area (Å²) >= 11 is 0. The Labute approximate surface area is 156 Å². The number of hydrogen-bond donors (Lipinski definition) is 1. The van der Waals surface area contributed by atoms with Crippen molar-refractivity contribution in [2.24, 2.45) is 5.92 Å². The molecule has 5 nitrogen and oxygen atoms in total. The third-order valence-electron chi connectivity index (χ3n) is 4.66. The van der Waals surface area contributed by atoms with E-state index in [2.05, 4.69) is 35.1 Å². The van der Waals surface area contributed by atoms with E-state index in [1.807, 2.05) is 47.5 Å². The number of benzene rings is 1. The SMILES string of the molecule is CC(C)CN(Cc1cccnc1)C1CN(C(=O)NCc2ccccc2)C1. The van der Waals surface area contributed by atoms with Gasteiger partial charge in [-0.05, 0) is 23.1 Å². The van der Waals surface area contributed by atoms with Crippen LogP contribution in [0, 0.1) is 5.92 Å². The molecular weight excluding hydrogens is 324 g/mol. The Hall–Kier alpha value is -2.40. The fraction of sp³-hybridized carbons (Fsp3) is 0.429. The molecule has 3 rings (SSSR count). The Bertz CT molecular complexity index is 684. The minimum atomic E-state index is 0.0241. The van der Waals surface area contributed by atoms with Gasteiger partial charge in [0.1, 0.15) is 0 Å². The zero-order valence-corrected chi connectivity index (χ0v) is 15.6. The van der Waals surface area contributed by atoms with Crippen LogP contribution in [0.15, 0.2) is 54.9 Å². The number of amides is 2. The first-order valence-corrected chi connectivity index (χ1v) is 9.31. The van der Waals surface area contributed by atoms with Crippen LogP contribution in [-0.2, 0) is 13.1 Å². The van der Waals surface area contributed by atoms with E-state index in [4.69, 9.17) is 0 Å². The summed E-state index contributed by atoms with van der Waals surface area (Å²) in [5, 5.41) is 3.01. The molecule has 138 valence electrons. The average Bonchev–Trinajstić information content (AvgIpc) is 2.60. The molecule has 1 aromatic heterocycles. The topological polar surface area (TPSA) is 48.5 Å². The highest BCUT2D eigenvalue weighted by Crippen LogP contribution is 2.19. The molecule has 2 amide bonds. The number of nitrogens with zero attached hydrogens (tertiary/aromatic N) is 3. The van der Waals surface area contributed by atoms with E-state index < -0.39 is 0 Å². The fourth-order valence-corrected chi connectivity index (χ4v) is 3.28. The summed E-state index contributed by atoms with van der Waals surface area (Å²) < 4.78 is 0. The Balaban J connectivity index is 1.49. The lowest BCUT2D eigenvalue weighted by molar-refractivity contribution is 0.0442. The van der Waals surface area contributed by atoms with Gasteiger partial charge in [-0.1, -0.05) is 50.2 Å². The largest absolute Gasteiger partial charge is 0.334 e. The van der Waals surface area contributed by atoms with Gasteiger partial charge in [0, 0.05) is 51.2 Å². The predicted molar refractivity (Wildman–Crippen MR) is 104 cm³/mol. The Morgan fingerprint density at radius 3 is 2.58 bits per heavy atom. The van der Waals surface area contributed by atoms with Gasteiger partial charge in [0.25, 0.3) is 0 Å². The minimum absolute atomic E-state index is 0.0241. The number of pyridine rings is 1. The fourth-order valence-electron chi connectivity index (χ4n) is 3.28. The predicted octanol–water partition coefficient (Wildman–Crippen LogP) is 3.13. The second kappa shape index (κ2) is 8.81. The van der Waals surface area contributed by atoms with Crippen molar-refractivity contribution < 1.29 is 4.79 Å². The lowest BCUT2D eigenvalue weighted by atomic mass is 10.0. The first kappa shape index (κ1) is 18.4. The zero-order valence-electron chi connectivity index (χ0n) is 15.6. The Morgan fingerprint density at radius 1 is 1.19 bits per heavy atom. The number of carbonyl (C=O) groups excluding carboxylic acids is 1. The van der Waals surface area contributed by atoms with Crippen molar-refractivity contribution in [2.75, 3.05) is 19.6 Å². The van der Waals surface area contributed by atoms with Crippen molar-refractivity contribution in [2.45, 2.75) is 33.0 Å². The smallest absolute Gasteiger partial charge is 0.317 e. The quantitative estimate of drug-likeness (QED) is 0.833. The van der Waals surface area contributed by atoms with Gasteiger partial charge in [-0.25, -0.2) is 4.79 Å². The molecule has 2 aromatic rings. The third-order valence-corrected chi connectivity index (χ3v) is 4.66. The molecule has 1 aromatic carbocycles. The summed E-state index contributed by atoms with van der Waals surface area (Å²) in [6.45, 7) is 8.53. The molecule has 5 heteroatoms. The molecule has 1 aliphatic rings. The normalized spacial score (nSPS) is 14.5. The summed E-state index contributed by atoms with van der Waals surface area (Å²) in [5.74, 6) is 0.590. The van der Waals surface area contributed by atoms with Crippen molar-refractivity contribution in [1.82, 2.24) is 20.1 Å². The number of aromatic nitrogens is 1. The summed E-state index contributed by atoms with van der Waals surface area (Å²) in [7, 11) is 0. The number of hydrogen-bond acceptors (Lipinski definition) is 3. The first-order valence-electron chi connectivity index (χ1n) is 9.31. The van der Waals surface area contributed by atoms with Crippen molar-refractivity contribution in [3.05, 3.63) is 66.0 Å². The van der Waals surface area contributed by atoms with Crippen molar-refractivity contribution >= 4 is 6.03 Å². The highest BCUT2D eigenvalue weighted by Gasteiger charge is 2.34. The highest BCUT2D eigenvalue weighted by molar-refractivity contribution is 5.75. The molecule has 0 aliphatic carbocycles. The average molecular weight is 352 g/mol. The van der Waals surface area contributed by atoms with Gasteiger partial charge in [-0.2, -0.15) is 0 Å². The van der Waals surface area contributed by atoms with Crippen LogP contribution in [0.5, 0.6) is 0 Å². The van der Waals surface area contributed by atoms with E-state index in [0.29, 0.717) is 18.5 Å². The molecule has 0 atom stereocenters. The second-order valence-electron chi connectivity index (χ2n) is 7.39. The van der Waals surface area contributed by atoms with Crippen molar-refractivity contribution in [1.29, 1.82) is 0 Å². The van der Waals surface area contributed by atoms with E-state index >= 15 is 0 Å². The van der Waals surface area contributed by atoms with Crippen LogP contribution in [0.25, 0.3) is 0 Å². The summed E-state index contributed by atoms with van der Waals surface area (Å²) in [5.41, 5.74) is 2.34. The van der Waals surface area contributed by atoms with Crippen molar-refractivity contribution in [3.8, 4) is 0 Å². The maximum Gasteiger partial charge on any atom is 0.317 e. The van der Waals surface area contributed by atoms with Gasteiger partial charge in [-0.3, -0.25) is 9.88 Å². The molecule has 0 unspecified atom stereocenters. The Morgan fingerprint density at radius 2 is 1.92 bits per heavy atom. The van der Waals surface area contributed by atoms with Crippen LogP contribution in [0.2, 0.25) is 0 Å². The van der Waals surface area contributed by atoms with Gasteiger partial charge in [0.15, 0.2) is 0 Å².